The Hall–Kier alpha value is -4.32. The normalized spacial score (nSPS) is 11.2. The lowest BCUT2D eigenvalue weighted by Gasteiger charge is -2.10. The molecule has 12 heteroatoms. The van der Waals surface area contributed by atoms with Gasteiger partial charge in [-0.25, -0.2) is 4.68 Å². The molecule has 1 aromatic heterocycles. The molecule has 190 valence electrons. The molecule has 0 saturated carbocycles. The van der Waals surface area contributed by atoms with Gasteiger partial charge in [0.05, 0.1) is 10.5 Å². The molecule has 0 saturated heterocycles. The van der Waals surface area contributed by atoms with Crippen molar-refractivity contribution in [3.63, 3.8) is 0 Å². The van der Waals surface area contributed by atoms with Gasteiger partial charge in [-0.15, -0.1) is 0 Å². The van der Waals surface area contributed by atoms with E-state index in [1.54, 1.807) is 6.07 Å². The van der Waals surface area contributed by atoms with E-state index in [1.807, 2.05) is 31.2 Å². The van der Waals surface area contributed by atoms with Crippen LogP contribution in [0.2, 0.25) is 0 Å². The highest BCUT2D eigenvalue weighted by atomic mass is 32.2. The molecule has 37 heavy (non-hydrogen) atoms. The van der Waals surface area contributed by atoms with Crippen molar-refractivity contribution < 1.29 is 27.6 Å². The summed E-state index contributed by atoms with van der Waals surface area (Å²) in [5.74, 6) is -0.629. The number of rotatable bonds is 8. The van der Waals surface area contributed by atoms with E-state index in [9.17, 15) is 28.1 Å². The zero-order valence-corrected chi connectivity index (χ0v) is 20.0. The number of ether oxygens (including phenoxy) is 1. The maximum Gasteiger partial charge on any atom is 0.416 e. The van der Waals surface area contributed by atoms with Crippen LogP contribution in [-0.2, 0) is 12.9 Å². The number of hydrogen-bond acceptors (Lipinski definition) is 6. The fourth-order valence-electron chi connectivity index (χ4n) is 3.21. The van der Waals surface area contributed by atoms with Gasteiger partial charge in [0.1, 0.15) is 5.75 Å². The molecule has 1 N–H and O–H groups in total. The van der Waals surface area contributed by atoms with Crippen LogP contribution in [0.1, 0.15) is 21.6 Å². The molecule has 0 aliphatic carbocycles. The first-order valence-corrected chi connectivity index (χ1v) is 11.6. The Labute approximate surface area is 213 Å². The first-order valence-electron chi connectivity index (χ1n) is 10.8. The van der Waals surface area contributed by atoms with Gasteiger partial charge in [0.2, 0.25) is 0 Å². The number of amides is 1. The number of benzene rings is 3. The van der Waals surface area contributed by atoms with Crippen LogP contribution >= 0.6 is 11.8 Å². The molecule has 4 rings (SSSR count). The van der Waals surface area contributed by atoms with Gasteiger partial charge in [0.15, 0.2) is 12.4 Å². The van der Waals surface area contributed by atoms with Gasteiger partial charge in [-0.05, 0) is 49.4 Å². The van der Waals surface area contributed by atoms with Crippen molar-refractivity contribution in [3.8, 4) is 5.75 Å². The summed E-state index contributed by atoms with van der Waals surface area (Å²) in [6.45, 7) is 1.72. The number of aromatic nitrogens is 2. The average molecular weight is 529 g/mol. The van der Waals surface area contributed by atoms with Gasteiger partial charge in [-0.2, -0.15) is 18.3 Å². The predicted molar refractivity (Wildman–Crippen MR) is 131 cm³/mol. The Morgan fingerprint density at radius 3 is 2.54 bits per heavy atom. The number of nitrogens with one attached hydrogen (secondary N) is 1. The minimum absolute atomic E-state index is 0.00751. The number of halogens is 3. The largest absolute Gasteiger partial charge is 0.471 e. The van der Waals surface area contributed by atoms with Crippen molar-refractivity contribution in [2.24, 2.45) is 0 Å². The third kappa shape index (κ3) is 6.88. The van der Waals surface area contributed by atoms with E-state index in [1.165, 1.54) is 53.0 Å². The van der Waals surface area contributed by atoms with Gasteiger partial charge in [0, 0.05) is 33.8 Å². The number of aryl methyl sites for hydroxylation is 1. The lowest BCUT2D eigenvalue weighted by Crippen LogP contribution is -2.14. The van der Waals surface area contributed by atoms with Gasteiger partial charge in [0.25, 0.3) is 11.6 Å². The molecule has 0 bridgehead atoms. The van der Waals surface area contributed by atoms with Gasteiger partial charge >= 0.3 is 6.18 Å². The molecule has 0 spiro atoms. The predicted octanol–water partition coefficient (Wildman–Crippen LogP) is 6.56. The fraction of sp³-hybridized carbons (Fsp3) is 0.120. The van der Waals surface area contributed by atoms with E-state index in [0.29, 0.717) is 4.90 Å². The van der Waals surface area contributed by atoms with Crippen LogP contribution in [0, 0.1) is 17.0 Å². The molecule has 0 fully saturated rings. The fourth-order valence-corrected chi connectivity index (χ4v) is 4.12. The van der Waals surface area contributed by atoms with E-state index in [4.69, 9.17) is 4.74 Å². The highest BCUT2D eigenvalue weighted by Crippen LogP contribution is 2.33. The molecule has 0 aliphatic rings. The quantitative estimate of drug-likeness (QED) is 0.205. The molecular weight excluding hydrogens is 509 g/mol. The average Bonchev–Trinajstić information content (AvgIpc) is 3.33. The number of non-ortho nitro benzene ring substituents is 1. The number of hydrogen-bond donors (Lipinski definition) is 1. The summed E-state index contributed by atoms with van der Waals surface area (Å²) in [5, 5.41) is 18.1. The van der Waals surface area contributed by atoms with Crippen molar-refractivity contribution in [3.05, 3.63) is 106 Å². The SMILES string of the molecule is Cc1ccc(Sc2cc(NC(=O)c3ccn(COc4cccc(C(F)(F)F)c4)n3)cc([N+](=O)[O-])c2)cc1. The van der Waals surface area contributed by atoms with Crippen LogP contribution in [-0.4, -0.2) is 20.6 Å². The molecule has 0 radical (unpaired) electrons. The number of nitro benzene ring substituents is 1. The molecule has 0 aliphatic heterocycles. The van der Waals surface area contributed by atoms with Crippen LogP contribution in [0.4, 0.5) is 24.5 Å². The molecule has 3 aromatic carbocycles. The maximum absolute atomic E-state index is 12.9. The number of anilines is 1. The second-order valence-corrected chi connectivity index (χ2v) is 9.03. The van der Waals surface area contributed by atoms with Gasteiger partial charge in [-0.1, -0.05) is 35.5 Å². The number of nitro groups is 1. The molecule has 0 unspecified atom stereocenters. The Morgan fingerprint density at radius 1 is 1.08 bits per heavy atom. The minimum atomic E-state index is -4.50. The Kier molecular flexibility index (Phi) is 7.48. The second kappa shape index (κ2) is 10.7. The van der Waals surface area contributed by atoms with Crippen LogP contribution in [0.25, 0.3) is 0 Å². The van der Waals surface area contributed by atoms with E-state index in [-0.39, 0.29) is 29.5 Å². The summed E-state index contributed by atoms with van der Waals surface area (Å²) in [6.07, 6.45) is -3.07. The summed E-state index contributed by atoms with van der Waals surface area (Å²) >= 11 is 1.31. The molecule has 4 aromatic rings. The van der Waals surface area contributed by atoms with Crippen molar-refractivity contribution in [2.75, 3.05) is 5.32 Å². The number of alkyl halides is 3. The van der Waals surface area contributed by atoms with E-state index < -0.39 is 22.6 Å². The van der Waals surface area contributed by atoms with Crippen molar-refractivity contribution in [2.45, 2.75) is 29.6 Å². The van der Waals surface area contributed by atoms with E-state index in [2.05, 4.69) is 10.4 Å². The maximum atomic E-state index is 12.9. The third-order valence-electron chi connectivity index (χ3n) is 5.01. The highest BCUT2D eigenvalue weighted by Gasteiger charge is 2.30. The van der Waals surface area contributed by atoms with E-state index in [0.717, 1.165) is 22.6 Å². The molecule has 1 heterocycles. The van der Waals surface area contributed by atoms with Gasteiger partial charge < -0.3 is 10.1 Å². The third-order valence-corrected chi connectivity index (χ3v) is 5.99. The Balaban J connectivity index is 1.44. The highest BCUT2D eigenvalue weighted by molar-refractivity contribution is 7.99. The Bertz CT molecular complexity index is 1440. The zero-order valence-electron chi connectivity index (χ0n) is 19.2. The summed E-state index contributed by atoms with van der Waals surface area (Å²) in [4.78, 5) is 25.0. The minimum Gasteiger partial charge on any atom is -0.471 e. The van der Waals surface area contributed by atoms with Crippen molar-refractivity contribution >= 4 is 29.0 Å². The van der Waals surface area contributed by atoms with E-state index >= 15 is 0 Å². The smallest absolute Gasteiger partial charge is 0.416 e. The monoisotopic (exact) mass is 528 g/mol. The lowest BCUT2D eigenvalue weighted by atomic mass is 10.2. The summed E-state index contributed by atoms with van der Waals surface area (Å²) in [7, 11) is 0. The lowest BCUT2D eigenvalue weighted by molar-refractivity contribution is -0.385. The molecule has 0 atom stereocenters. The molecule has 1 amide bonds. The number of nitrogens with zero attached hydrogens (tertiary/aromatic N) is 3. The standard InChI is InChI=1S/C25H19F3N4O4S/c1-16-5-7-21(8-6-16)37-22-13-18(12-19(14-22)32(34)35)29-24(33)23-9-10-31(30-23)15-36-20-4-2-3-17(11-20)25(26,27)28/h2-14H,15H2,1H3,(H,29,33). The van der Waals surface area contributed by atoms with Gasteiger partial charge in [-0.3, -0.25) is 14.9 Å². The van der Waals surface area contributed by atoms with Crippen molar-refractivity contribution in [1.82, 2.24) is 9.78 Å². The van der Waals surface area contributed by atoms with Crippen LogP contribution in [0.15, 0.2) is 88.8 Å². The number of carbonyl (C=O) groups excluding carboxylic acids is 1. The van der Waals surface area contributed by atoms with Crippen LogP contribution in [0.5, 0.6) is 5.75 Å². The summed E-state index contributed by atoms with van der Waals surface area (Å²) < 4.78 is 45.2. The van der Waals surface area contributed by atoms with Crippen LogP contribution in [0.3, 0.4) is 0 Å². The summed E-state index contributed by atoms with van der Waals surface area (Å²) in [6, 6.07) is 17.7. The first-order chi connectivity index (χ1) is 17.6. The second-order valence-electron chi connectivity index (χ2n) is 7.88. The first kappa shape index (κ1) is 25.8. The number of carbonyl (C=O) groups is 1. The van der Waals surface area contributed by atoms with Crippen molar-refractivity contribution in [1.29, 1.82) is 0 Å². The topological polar surface area (TPSA) is 99.3 Å². The molecular formula is C25H19F3N4O4S. The Morgan fingerprint density at radius 2 is 1.84 bits per heavy atom. The van der Waals surface area contributed by atoms with Crippen LogP contribution < -0.4 is 10.1 Å². The summed E-state index contributed by atoms with van der Waals surface area (Å²) in [5.41, 5.74) is 0.251. The zero-order chi connectivity index (χ0) is 26.6. The molecule has 8 nitrogen and oxygen atoms in total.